The standard InChI is InChI=1S/C19H20FN5O3/c20-13-3-1-8-23-15(13)16(26)24-18-4-2-5-19(12-18,7-6-18)25-17(27)28-14-11-21-9-10-22-14/h1,3,8-11H,2,4-7,12H2,(H,24,26)(H,25,27). The second-order valence-electron chi connectivity index (χ2n) is 7.44. The van der Waals surface area contributed by atoms with E-state index in [9.17, 15) is 14.0 Å². The van der Waals surface area contributed by atoms with Crippen molar-refractivity contribution < 1.29 is 18.7 Å². The summed E-state index contributed by atoms with van der Waals surface area (Å²) in [5.41, 5.74) is -1.16. The summed E-state index contributed by atoms with van der Waals surface area (Å²) >= 11 is 0. The number of carbonyl (C=O) groups excluding carboxylic acids is 2. The van der Waals surface area contributed by atoms with E-state index in [0.717, 1.165) is 19.3 Å². The Morgan fingerprint density at radius 1 is 1.04 bits per heavy atom. The molecule has 9 heteroatoms. The highest BCUT2D eigenvalue weighted by Crippen LogP contribution is 2.48. The van der Waals surface area contributed by atoms with Crippen molar-refractivity contribution in [1.29, 1.82) is 0 Å². The van der Waals surface area contributed by atoms with Crippen molar-refractivity contribution in [2.45, 2.75) is 49.6 Å². The highest BCUT2D eigenvalue weighted by Gasteiger charge is 2.52. The van der Waals surface area contributed by atoms with Crippen molar-refractivity contribution in [1.82, 2.24) is 25.6 Å². The molecule has 0 spiro atoms. The summed E-state index contributed by atoms with van der Waals surface area (Å²) in [4.78, 5) is 36.5. The van der Waals surface area contributed by atoms with Crippen molar-refractivity contribution in [3.63, 3.8) is 0 Å². The van der Waals surface area contributed by atoms with Crippen LogP contribution in [0.5, 0.6) is 5.88 Å². The highest BCUT2D eigenvalue weighted by atomic mass is 19.1. The molecule has 0 saturated heterocycles. The number of fused-ring (bicyclic) bond motifs is 2. The fourth-order valence-corrected chi connectivity index (χ4v) is 4.36. The van der Waals surface area contributed by atoms with Crippen LogP contribution in [0.25, 0.3) is 0 Å². The molecule has 8 nitrogen and oxygen atoms in total. The maximum Gasteiger partial charge on any atom is 0.414 e. The van der Waals surface area contributed by atoms with Gasteiger partial charge in [-0.1, -0.05) is 0 Å². The van der Waals surface area contributed by atoms with Crippen molar-refractivity contribution >= 4 is 12.0 Å². The van der Waals surface area contributed by atoms with Crippen LogP contribution in [0.2, 0.25) is 0 Å². The molecule has 146 valence electrons. The number of pyridine rings is 1. The van der Waals surface area contributed by atoms with Gasteiger partial charge in [0.2, 0.25) is 5.88 Å². The van der Waals surface area contributed by atoms with Gasteiger partial charge in [0.25, 0.3) is 5.91 Å². The van der Waals surface area contributed by atoms with E-state index in [-0.39, 0.29) is 11.6 Å². The van der Waals surface area contributed by atoms with Gasteiger partial charge in [0.15, 0.2) is 11.5 Å². The Labute approximate surface area is 160 Å². The van der Waals surface area contributed by atoms with E-state index in [1.807, 2.05) is 0 Å². The van der Waals surface area contributed by atoms with E-state index < -0.39 is 28.9 Å². The third-order valence-electron chi connectivity index (χ3n) is 5.53. The summed E-state index contributed by atoms with van der Waals surface area (Å²) < 4.78 is 19.1. The van der Waals surface area contributed by atoms with E-state index in [2.05, 4.69) is 25.6 Å². The molecular weight excluding hydrogens is 365 g/mol. The summed E-state index contributed by atoms with van der Waals surface area (Å²) in [5, 5.41) is 5.92. The van der Waals surface area contributed by atoms with Crippen LogP contribution in [-0.4, -0.2) is 38.0 Å². The fraction of sp³-hybridized carbons (Fsp3) is 0.421. The molecule has 0 aliphatic heterocycles. The van der Waals surface area contributed by atoms with Crippen molar-refractivity contribution in [3.8, 4) is 5.88 Å². The molecule has 2 atom stereocenters. The first-order valence-electron chi connectivity index (χ1n) is 9.18. The average molecular weight is 385 g/mol. The van der Waals surface area contributed by atoms with Crippen LogP contribution in [0.1, 0.15) is 49.0 Å². The topological polar surface area (TPSA) is 106 Å². The summed E-state index contributed by atoms with van der Waals surface area (Å²) in [6.07, 6.45) is 9.43. The minimum atomic E-state index is -0.651. The number of nitrogens with one attached hydrogen (secondary N) is 2. The zero-order valence-corrected chi connectivity index (χ0v) is 15.2. The molecule has 2 aliphatic rings. The maximum atomic E-state index is 13.9. The lowest BCUT2D eigenvalue weighted by Gasteiger charge is -2.40. The van der Waals surface area contributed by atoms with Crippen LogP contribution >= 0.6 is 0 Å². The van der Waals surface area contributed by atoms with Gasteiger partial charge in [-0.15, -0.1) is 0 Å². The van der Waals surface area contributed by atoms with Crippen molar-refractivity contribution in [3.05, 3.63) is 48.4 Å². The number of amides is 2. The number of rotatable bonds is 4. The smallest absolute Gasteiger partial charge is 0.390 e. The Hall–Kier alpha value is -3.10. The number of carbonyl (C=O) groups is 2. The lowest BCUT2D eigenvalue weighted by molar-refractivity contribution is 0.0860. The Bertz CT molecular complexity index is 896. The molecule has 2 heterocycles. The van der Waals surface area contributed by atoms with Crippen molar-refractivity contribution in [2.75, 3.05) is 0 Å². The molecule has 2 fully saturated rings. The molecule has 2 bridgehead atoms. The number of ether oxygens (including phenoxy) is 1. The first-order chi connectivity index (χ1) is 13.5. The van der Waals surface area contributed by atoms with E-state index in [1.165, 1.54) is 36.9 Å². The molecule has 2 aromatic heterocycles. The molecule has 2 N–H and O–H groups in total. The van der Waals surface area contributed by atoms with Gasteiger partial charge in [0.1, 0.15) is 0 Å². The van der Waals surface area contributed by atoms with E-state index in [1.54, 1.807) is 0 Å². The highest BCUT2D eigenvalue weighted by molar-refractivity contribution is 5.93. The second-order valence-corrected chi connectivity index (χ2v) is 7.44. The van der Waals surface area contributed by atoms with Crippen LogP contribution in [-0.2, 0) is 0 Å². The normalized spacial score (nSPS) is 25.8. The Morgan fingerprint density at radius 3 is 2.54 bits per heavy atom. The molecule has 0 aromatic carbocycles. The molecular formula is C19H20FN5O3. The second kappa shape index (κ2) is 7.14. The Kier molecular flexibility index (Phi) is 4.66. The minimum absolute atomic E-state index is 0.121. The van der Waals surface area contributed by atoms with Gasteiger partial charge in [-0.05, 0) is 50.7 Å². The fourth-order valence-electron chi connectivity index (χ4n) is 4.36. The monoisotopic (exact) mass is 385 g/mol. The van der Waals surface area contributed by atoms with Gasteiger partial charge in [0.05, 0.1) is 6.20 Å². The average Bonchev–Trinajstić information content (AvgIpc) is 2.92. The largest absolute Gasteiger partial charge is 0.414 e. The van der Waals surface area contributed by atoms with Gasteiger partial charge in [-0.3, -0.25) is 9.78 Å². The van der Waals surface area contributed by atoms with Gasteiger partial charge in [-0.25, -0.2) is 19.2 Å². The third kappa shape index (κ3) is 3.64. The predicted octanol–water partition coefficient (Wildman–Crippen LogP) is 2.37. The zero-order chi connectivity index (χ0) is 19.6. The summed E-state index contributed by atoms with van der Waals surface area (Å²) in [5.74, 6) is -1.06. The van der Waals surface area contributed by atoms with Crippen LogP contribution < -0.4 is 15.4 Å². The van der Waals surface area contributed by atoms with E-state index >= 15 is 0 Å². The molecule has 0 radical (unpaired) electrons. The van der Waals surface area contributed by atoms with Gasteiger partial charge in [0, 0.05) is 29.7 Å². The van der Waals surface area contributed by atoms with Gasteiger partial charge < -0.3 is 15.4 Å². The van der Waals surface area contributed by atoms with Gasteiger partial charge in [-0.2, -0.15) is 0 Å². The number of aromatic nitrogens is 3. The third-order valence-corrected chi connectivity index (χ3v) is 5.53. The van der Waals surface area contributed by atoms with Gasteiger partial charge >= 0.3 is 6.09 Å². The zero-order valence-electron chi connectivity index (χ0n) is 15.2. The molecule has 2 aliphatic carbocycles. The summed E-state index contributed by atoms with van der Waals surface area (Å²) in [6.45, 7) is 0. The SMILES string of the molecule is O=C(NC12CCCC(NC(=O)c3ncccc3F)(CC1)C2)Oc1cnccn1. The van der Waals surface area contributed by atoms with Crippen LogP contribution in [0.15, 0.2) is 36.9 Å². The molecule has 2 unspecified atom stereocenters. The molecule has 2 saturated carbocycles. The number of halogens is 1. The lowest BCUT2D eigenvalue weighted by atomic mass is 9.78. The predicted molar refractivity (Wildman–Crippen MR) is 96.0 cm³/mol. The van der Waals surface area contributed by atoms with E-state index in [4.69, 9.17) is 4.74 Å². The molecule has 28 heavy (non-hydrogen) atoms. The van der Waals surface area contributed by atoms with Crippen LogP contribution in [0.3, 0.4) is 0 Å². The van der Waals surface area contributed by atoms with Crippen molar-refractivity contribution in [2.24, 2.45) is 0 Å². The number of hydrogen-bond donors (Lipinski definition) is 2. The number of hydrogen-bond acceptors (Lipinski definition) is 6. The first-order valence-corrected chi connectivity index (χ1v) is 9.18. The van der Waals surface area contributed by atoms with E-state index in [0.29, 0.717) is 19.3 Å². The summed E-state index contributed by atoms with van der Waals surface area (Å²) in [7, 11) is 0. The quantitative estimate of drug-likeness (QED) is 0.837. The first kappa shape index (κ1) is 18.3. The molecule has 2 amide bonds. The maximum absolute atomic E-state index is 13.9. The molecule has 4 rings (SSSR count). The number of nitrogens with zero attached hydrogens (tertiary/aromatic N) is 3. The van der Waals surface area contributed by atoms with Crippen LogP contribution in [0, 0.1) is 5.82 Å². The summed E-state index contributed by atoms with van der Waals surface area (Å²) in [6, 6.07) is 2.65. The molecule has 2 aromatic rings. The lowest BCUT2D eigenvalue weighted by Crippen LogP contribution is -2.55. The Balaban J connectivity index is 1.43. The van der Waals surface area contributed by atoms with Crippen LogP contribution in [0.4, 0.5) is 9.18 Å². The minimum Gasteiger partial charge on any atom is -0.390 e. The Morgan fingerprint density at radius 2 is 1.82 bits per heavy atom.